The smallest absolute Gasteiger partial charge is 0.231 e. The van der Waals surface area contributed by atoms with Crippen LogP contribution in [0.1, 0.15) is 26.2 Å². The lowest BCUT2D eigenvalue weighted by atomic mass is 9.84. The van der Waals surface area contributed by atoms with Crippen LogP contribution < -0.4 is 10.2 Å². The van der Waals surface area contributed by atoms with Crippen LogP contribution in [0.15, 0.2) is 0 Å². The number of anilines is 2. The molecule has 2 unspecified atom stereocenters. The lowest BCUT2D eigenvalue weighted by molar-refractivity contribution is 0.102. The van der Waals surface area contributed by atoms with Crippen molar-refractivity contribution in [2.45, 2.75) is 32.2 Å². The van der Waals surface area contributed by atoms with Gasteiger partial charge in [-0.05, 0) is 57.3 Å². The van der Waals surface area contributed by atoms with E-state index in [0.29, 0.717) is 23.9 Å². The molecule has 0 spiro atoms. The number of hydrogen-bond donors (Lipinski definition) is 1. The summed E-state index contributed by atoms with van der Waals surface area (Å²) in [6, 6.07) is 0.709. The van der Waals surface area contributed by atoms with Crippen LogP contribution in [0, 0.1) is 5.92 Å². The van der Waals surface area contributed by atoms with Gasteiger partial charge in [0.2, 0.25) is 17.2 Å². The highest BCUT2D eigenvalue weighted by Crippen LogP contribution is 2.31. The minimum Gasteiger partial charge on any atom is -0.354 e. The minimum absolute atomic E-state index is 0.263. The van der Waals surface area contributed by atoms with Crippen LogP contribution >= 0.6 is 11.6 Å². The van der Waals surface area contributed by atoms with Crippen LogP contribution in [0.3, 0.4) is 0 Å². The van der Waals surface area contributed by atoms with Gasteiger partial charge in [-0.25, -0.2) is 0 Å². The topological polar surface area (TPSA) is 57.2 Å². The van der Waals surface area contributed by atoms with Gasteiger partial charge in [-0.3, -0.25) is 0 Å². The predicted octanol–water partition coefficient (Wildman–Crippen LogP) is 1.88. The maximum atomic E-state index is 6.03. The zero-order valence-corrected chi connectivity index (χ0v) is 13.5. The number of aromatic nitrogens is 3. The Bertz CT molecular complexity index is 496. The number of rotatable bonds is 3. The SMILES string of the molecule is CCNc1nc(Cl)nc(N2CCC3C(CCCN3C)C2)n1. The van der Waals surface area contributed by atoms with Gasteiger partial charge in [-0.15, -0.1) is 0 Å². The van der Waals surface area contributed by atoms with E-state index in [4.69, 9.17) is 11.6 Å². The van der Waals surface area contributed by atoms with Gasteiger partial charge in [0.05, 0.1) is 0 Å². The molecule has 0 radical (unpaired) electrons. The van der Waals surface area contributed by atoms with Crippen molar-refractivity contribution in [3.05, 3.63) is 5.28 Å². The van der Waals surface area contributed by atoms with E-state index in [1.165, 1.54) is 25.8 Å². The van der Waals surface area contributed by atoms with E-state index in [9.17, 15) is 0 Å². The highest BCUT2D eigenvalue weighted by Gasteiger charge is 2.35. The van der Waals surface area contributed by atoms with Gasteiger partial charge < -0.3 is 15.1 Å². The Morgan fingerprint density at radius 2 is 2.10 bits per heavy atom. The second kappa shape index (κ2) is 6.32. The van der Waals surface area contributed by atoms with Crippen molar-refractivity contribution in [3.63, 3.8) is 0 Å². The molecule has 0 aromatic carbocycles. The first-order valence-corrected chi connectivity index (χ1v) is 8.16. The predicted molar refractivity (Wildman–Crippen MR) is 85.0 cm³/mol. The fraction of sp³-hybridized carbons (Fsp3) is 0.786. The summed E-state index contributed by atoms with van der Waals surface area (Å²) >= 11 is 6.03. The Balaban J connectivity index is 1.75. The number of likely N-dealkylation sites (tertiary alicyclic amines) is 1. The average Bonchev–Trinajstić information content (AvgIpc) is 2.47. The Labute approximate surface area is 130 Å². The standard InChI is InChI=1S/C14H23ClN6/c1-3-16-13-17-12(15)18-14(19-13)21-8-6-11-10(9-21)5-4-7-20(11)2/h10-11H,3-9H2,1-2H3,(H,16,17,18,19). The van der Waals surface area contributed by atoms with E-state index in [1.54, 1.807) is 0 Å². The second-order valence-corrected chi connectivity index (χ2v) is 6.28. The molecule has 3 heterocycles. The van der Waals surface area contributed by atoms with Gasteiger partial charge in [0, 0.05) is 25.7 Å². The first-order valence-electron chi connectivity index (χ1n) is 7.78. The number of nitrogens with one attached hydrogen (secondary N) is 1. The molecule has 1 N–H and O–H groups in total. The molecule has 7 heteroatoms. The molecule has 116 valence electrons. The van der Waals surface area contributed by atoms with E-state index in [2.05, 4.69) is 37.1 Å². The lowest BCUT2D eigenvalue weighted by Gasteiger charge is -2.45. The Kier molecular flexibility index (Phi) is 4.45. The molecule has 2 atom stereocenters. The van der Waals surface area contributed by atoms with Crippen molar-refractivity contribution in [1.82, 2.24) is 19.9 Å². The van der Waals surface area contributed by atoms with Crippen LogP contribution in [0.25, 0.3) is 0 Å². The molecule has 0 saturated carbocycles. The van der Waals surface area contributed by atoms with Crippen molar-refractivity contribution >= 4 is 23.5 Å². The number of piperidine rings is 2. The molecule has 2 saturated heterocycles. The number of fused-ring (bicyclic) bond motifs is 1. The number of hydrogen-bond acceptors (Lipinski definition) is 6. The van der Waals surface area contributed by atoms with E-state index in [-0.39, 0.29) is 5.28 Å². The second-order valence-electron chi connectivity index (χ2n) is 5.94. The summed E-state index contributed by atoms with van der Waals surface area (Å²) in [5.41, 5.74) is 0. The van der Waals surface area contributed by atoms with Crippen LogP contribution in [-0.4, -0.2) is 59.1 Å². The van der Waals surface area contributed by atoms with Crippen LogP contribution in [-0.2, 0) is 0 Å². The van der Waals surface area contributed by atoms with Crippen LogP contribution in [0.4, 0.5) is 11.9 Å². The molecular weight excluding hydrogens is 288 g/mol. The summed E-state index contributed by atoms with van der Waals surface area (Å²) in [6.45, 7) is 6.01. The van der Waals surface area contributed by atoms with Crippen molar-refractivity contribution in [2.75, 3.05) is 43.4 Å². The molecule has 0 amide bonds. The van der Waals surface area contributed by atoms with Crippen molar-refractivity contribution < 1.29 is 0 Å². The van der Waals surface area contributed by atoms with Crippen molar-refractivity contribution in [2.24, 2.45) is 5.92 Å². The van der Waals surface area contributed by atoms with Gasteiger partial charge in [-0.1, -0.05) is 0 Å². The van der Waals surface area contributed by atoms with Gasteiger partial charge in [0.15, 0.2) is 0 Å². The summed E-state index contributed by atoms with van der Waals surface area (Å²) in [5, 5.41) is 3.37. The van der Waals surface area contributed by atoms with Gasteiger partial charge in [-0.2, -0.15) is 15.0 Å². The van der Waals surface area contributed by atoms with Gasteiger partial charge in [0.25, 0.3) is 0 Å². The van der Waals surface area contributed by atoms with E-state index >= 15 is 0 Å². The Morgan fingerprint density at radius 1 is 1.24 bits per heavy atom. The molecule has 6 nitrogen and oxygen atoms in total. The van der Waals surface area contributed by atoms with E-state index in [1.807, 2.05) is 6.92 Å². The summed E-state index contributed by atoms with van der Waals surface area (Å²) in [7, 11) is 2.25. The quantitative estimate of drug-likeness (QED) is 0.920. The van der Waals surface area contributed by atoms with E-state index < -0.39 is 0 Å². The largest absolute Gasteiger partial charge is 0.354 e. The van der Waals surface area contributed by atoms with Crippen LogP contribution in [0.2, 0.25) is 5.28 Å². The third-order valence-corrected chi connectivity index (χ3v) is 4.73. The Morgan fingerprint density at radius 3 is 2.90 bits per heavy atom. The molecular formula is C14H23ClN6. The van der Waals surface area contributed by atoms with Gasteiger partial charge >= 0.3 is 0 Å². The van der Waals surface area contributed by atoms with Crippen LogP contribution in [0.5, 0.6) is 0 Å². The third-order valence-electron chi connectivity index (χ3n) is 4.56. The fourth-order valence-electron chi connectivity index (χ4n) is 3.55. The highest BCUT2D eigenvalue weighted by atomic mass is 35.5. The fourth-order valence-corrected chi connectivity index (χ4v) is 3.71. The minimum atomic E-state index is 0.263. The summed E-state index contributed by atoms with van der Waals surface area (Å²) in [4.78, 5) is 17.7. The first kappa shape index (κ1) is 14.8. The monoisotopic (exact) mass is 310 g/mol. The molecule has 3 rings (SSSR count). The molecule has 21 heavy (non-hydrogen) atoms. The molecule has 2 aliphatic heterocycles. The third kappa shape index (κ3) is 3.21. The number of halogens is 1. The van der Waals surface area contributed by atoms with Crippen molar-refractivity contribution in [1.29, 1.82) is 0 Å². The molecule has 0 aliphatic carbocycles. The average molecular weight is 311 g/mol. The number of nitrogens with zero attached hydrogens (tertiary/aromatic N) is 5. The Hall–Kier alpha value is -1.14. The summed E-state index contributed by atoms with van der Waals surface area (Å²) in [5.74, 6) is 1.98. The van der Waals surface area contributed by atoms with E-state index in [0.717, 1.165) is 19.6 Å². The maximum Gasteiger partial charge on any atom is 0.231 e. The molecule has 1 aromatic rings. The maximum absolute atomic E-state index is 6.03. The summed E-state index contributed by atoms with van der Waals surface area (Å²) < 4.78 is 0. The molecule has 1 aromatic heterocycles. The van der Waals surface area contributed by atoms with Gasteiger partial charge in [0.1, 0.15) is 0 Å². The zero-order chi connectivity index (χ0) is 14.8. The molecule has 0 bridgehead atoms. The van der Waals surface area contributed by atoms with Crippen molar-refractivity contribution in [3.8, 4) is 0 Å². The zero-order valence-electron chi connectivity index (χ0n) is 12.7. The first-order chi connectivity index (χ1) is 10.2. The normalized spacial score (nSPS) is 26.5. The summed E-state index contributed by atoms with van der Waals surface area (Å²) in [6.07, 6.45) is 3.75. The molecule has 2 fully saturated rings. The molecule has 2 aliphatic rings. The highest BCUT2D eigenvalue weighted by molar-refractivity contribution is 6.28. The lowest BCUT2D eigenvalue weighted by Crippen LogP contribution is -2.53.